The molecule has 0 spiro atoms. The molecule has 3 heterocycles. The molecule has 0 radical (unpaired) electrons. The van der Waals surface area contributed by atoms with Crippen LogP contribution < -0.4 is 9.47 Å². The van der Waals surface area contributed by atoms with Crippen LogP contribution in [0, 0.1) is 0 Å². The van der Waals surface area contributed by atoms with E-state index >= 15 is 0 Å². The van der Waals surface area contributed by atoms with Gasteiger partial charge in [-0.15, -0.1) is 0 Å². The first-order valence-corrected chi connectivity index (χ1v) is 8.66. The second-order valence-corrected chi connectivity index (χ2v) is 6.55. The summed E-state index contributed by atoms with van der Waals surface area (Å²) in [4.78, 5) is 16.9. The molecule has 1 fully saturated rings. The van der Waals surface area contributed by atoms with Crippen LogP contribution in [0.2, 0.25) is 0 Å². The predicted molar refractivity (Wildman–Crippen MR) is 88.1 cm³/mol. The Morgan fingerprint density at radius 1 is 1.09 bits per heavy atom. The number of benzene rings is 1. The molecule has 120 valence electrons. The van der Waals surface area contributed by atoms with Crippen LogP contribution in [0.3, 0.4) is 0 Å². The minimum atomic E-state index is 0.0680. The Morgan fingerprint density at radius 3 is 2.70 bits per heavy atom. The molecule has 23 heavy (non-hydrogen) atoms. The standard InChI is InChI=1S/C17H18N2O3S/c20-17(14-1-2-15-16(9-14)22-12-21-15)19-6-4-18(5-7-19)10-13-3-8-23-11-13/h1-3,8-9,11H,4-7,10,12H2. The molecule has 6 heteroatoms. The van der Waals surface area contributed by atoms with Crippen molar-refractivity contribution in [2.75, 3.05) is 33.0 Å². The van der Waals surface area contributed by atoms with E-state index in [-0.39, 0.29) is 12.7 Å². The fourth-order valence-corrected chi connectivity index (χ4v) is 3.62. The Kier molecular flexibility index (Phi) is 3.93. The molecule has 2 aliphatic heterocycles. The number of hydrogen-bond acceptors (Lipinski definition) is 5. The van der Waals surface area contributed by atoms with Gasteiger partial charge in [0, 0.05) is 38.3 Å². The maximum atomic E-state index is 12.6. The smallest absolute Gasteiger partial charge is 0.254 e. The van der Waals surface area contributed by atoms with E-state index in [1.807, 2.05) is 17.0 Å². The number of nitrogens with zero attached hydrogens (tertiary/aromatic N) is 2. The molecule has 0 bridgehead atoms. The lowest BCUT2D eigenvalue weighted by Crippen LogP contribution is -2.48. The maximum absolute atomic E-state index is 12.6. The van der Waals surface area contributed by atoms with Crippen molar-refractivity contribution in [2.45, 2.75) is 6.54 Å². The lowest BCUT2D eigenvalue weighted by atomic mass is 10.1. The Bertz CT molecular complexity index is 694. The summed E-state index contributed by atoms with van der Waals surface area (Å²) in [6, 6.07) is 7.56. The SMILES string of the molecule is O=C(c1ccc2c(c1)OCO2)N1CCN(Cc2ccsc2)CC1. The van der Waals surface area contributed by atoms with E-state index in [2.05, 4.69) is 21.7 Å². The molecule has 1 amide bonds. The van der Waals surface area contributed by atoms with Crippen molar-refractivity contribution in [1.82, 2.24) is 9.80 Å². The molecule has 0 saturated carbocycles. The predicted octanol–water partition coefficient (Wildman–Crippen LogP) is 2.43. The van der Waals surface area contributed by atoms with Crippen molar-refractivity contribution in [3.05, 3.63) is 46.2 Å². The van der Waals surface area contributed by atoms with Gasteiger partial charge in [0.25, 0.3) is 5.91 Å². The Labute approximate surface area is 139 Å². The average Bonchev–Trinajstić information content (AvgIpc) is 3.25. The van der Waals surface area contributed by atoms with Crippen molar-refractivity contribution in [1.29, 1.82) is 0 Å². The van der Waals surface area contributed by atoms with Crippen molar-refractivity contribution >= 4 is 17.2 Å². The molecule has 0 unspecified atom stereocenters. The van der Waals surface area contributed by atoms with Gasteiger partial charge in [-0.3, -0.25) is 9.69 Å². The summed E-state index contributed by atoms with van der Waals surface area (Å²) in [6.07, 6.45) is 0. The second kappa shape index (κ2) is 6.22. The van der Waals surface area contributed by atoms with Gasteiger partial charge in [0.15, 0.2) is 11.5 Å². The highest BCUT2D eigenvalue weighted by molar-refractivity contribution is 7.07. The van der Waals surface area contributed by atoms with Crippen LogP contribution in [-0.2, 0) is 6.54 Å². The van der Waals surface area contributed by atoms with Crippen molar-refractivity contribution in [3.63, 3.8) is 0 Å². The van der Waals surface area contributed by atoms with Gasteiger partial charge < -0.3 is 14.4 Å². The van der Waals surface area contributed by atoms with Gasteiger partial charge in [-0.25, -0.2) is 0 Å². The van der Waals surface area contributed by atoms with E-state index in [0.29, 0.717) is 17.1 Å². The summed E-state index contributed by atoms with van der Waals surface area (Å²) >= 11 is 1.73. The first-order chi connectivity index (χ1) is 11.3. The largest absolute Gasteiger partial charge is 0.454 e. The van der Waals surface area contributed by atoms with Gasteiger partial charge in [0.05, 0.1) is 0 Å². The number of thiophene rings is 1. The minimum Gasteiger partial charge on any atom is -0.454 e. The van der Waals surface area contributed by atoms with E-state index in [4.69, 9.17) is 9.47 Å². The van der Waals surface area contributed by atoms with Gasteiger partial charge in [-0.05, 0) is 40.6 Å². The zero-order valence-corrected chi connectivity index (χ0v) is 13.6. The van der Waals surface area contributed by atoms with Crippen molar-refractivity contribution < 1.29 is 14.3 Å². The number of amides is 1. The Balaban J connectivity index is 1.37. The third kappa shape index (κ3) is 3.04. The molecule has 0 N–H and O–H groups in total. The molecule has 0 atom stereocenters. The van der Waals surface area contributed by atoms with Crippen LogP contribution >= 0.6 is 11.3 Å². The summed E-state index contributed by atoms with van der Waals surface area (Å²) in [5.41, 5.74) is 2.02. The van der Waals surface area contributed by atoms with Gasteiger partial charge in [0.2, 0.25) is 6.79 Å². The van der Waals surface area contributed by atoms with Gasteiger partial charge >= 0.3 is 0 Å². The van der Waals surface area contributed by atoms with Crippen LogP contribution in [0.15, 0.2) is 35.0 Å². The fraction of sp³-hybridized carbons (Fsp3) is 0.353. The molecule has 2 aromatic rings. The van der Waals surface area contributed by atoms with Crippen LogP contribution in [0.4, 0.5) is 0 Å². The van der Waals surface area contributed by atoms with Crippen LogP contribution in [-0.4, -0.2) is 48.7 Å². The first kappa shape index (κ1) is 14.5. The molecule has 1 saturated heterocycles. The molecule has 1 aromatic carbocycles. The Hall–Kier alpha value is -2.05. The summed E-state index contributed by atoms with van der Waals surface area (Å²) in [7, 11) is 0. The van der Waals surface area contributed by atoms with Crippen molar-refractivity contribution in [2.24, 2.45) is 0 Å². The first-order valence-electron chi connectivity index (χ1n) is 7.72. The fourth-order valence-electron chi connectivity index (χ4n) is 2.96. The topological polar surface area (TPSA) is 42.0 Å². The molecule has 5 nitrogen and oxygen atoms in total. The number of carbonyl (C=O) groups is 1. The number of hydrogen-bond donors (Lipinski definition) is 0. The highest BCUT2D eigenvalue weighted by atomic mass is 32.1. The lowest BCUT2D eigenvalue weighted by molar-refractivity contribution is 0.0628. The zero-order valence-electron chi connectivity index (χ0n) is 12.7. The van der Waals surface area contributed by atoms with Gasteiger partial charge in [-0.2, -0.15) is 11.3 Å². The molecule has 2 aliphatic rings. The summed E-state index contributed by atoms with van der Waals surface area (Å²) in [5, 5.41) is 4.29. The van der Waals surface area contributed by atoms with Crippen molar-refractivity contribution in [3.8, 4) is 11.5 Å². The van der Waals surface area contributed by atoms with E-state index in [0.717, 1.165) is 32.7 Å². The van der Waals surface area contributed by atoms with E-state index in [1.165, 1.54) is 5.56 Å². The minimum absolute atomic E-state index is 0.0680. The number of carbonyl (C=O) groups excluding carboxylic acids is 1. The highest BCUT2D eigenvalue weighted by Gasteiger charge is 2.24. The highest BCUT2D eigenvalue weighted by Crippen LogP contribution is 2.32. The summed E-state index contributed by atoms with van der Waals surface area (Å²) in [6.45, 7) is 4.54. The molecule has 4 rings (SSSR count). The average molecular weight is 330 g/mol. The van der Waals surface area contributed by atoms with E-state index in [9.17, 15) is 4.79 Å². The molecule has 1 aromatic heterocycles. The van der Waals surface area contributed by atoms with Gasteiger partial charge in [-0.1, -0.05) is 0 Å². The lowest BCUT2D eigenvalue weighted by Gasteiger charge is -2.34. The summed E-state index contributed by atoms with van der Waals surface area (Å²) < 4.78 is 10.6. The molecular formula is C17H18N2O3S. The number of ether oxygens (including phenoxy) is 2. The van der Waals surface area contributed by atoms with Crippen LogP contribution in [0.1, 0.15) is 15.9 Å². The van der Waals surface area contributed by atoms with E-state index in [1.54, 1.807) is 17.4 Å². The third-order valence-electron chi connectivity index (χ3n) is 4.27. The molecule has 0 aliphatic carbocycles. The molecular weight excluding hydrogens is 312 g/mol. The van der Waals surface area contributed by atoms with Crippen LogP contribution in [0.5, 0.6) is 11.5 Å². The number of fused-ring (bicyclic) bond motifs is 1. The second-order valence-electron chi connectivity index (χ2n) is 5.77. The van der Waals surface area contributed by atoms with E-state index < -0.39 is 0 Å². The number of piperazine rings is 1. The monoisotopic (exact) mass is 330 g/mol. The summed E-state index contributed by atoms with van der Waals surface area (Å²) in [5.74, 6) is 1.44. The Morgan fingerprint density at radius 2 is 1.91 bits per heavy atom. The number of rotatable bonds is 3. The maximum Gasteiger partial charge on any atom is 0.254 e. The van der Waals surface area contributed by atoms with Gasteiger partial charge in [0.1, 0.15) is 0 Å². The normalized spacial score (nSPS) is 17.5. The zero-order chi connectivity index (χ0) is 15.6. The quantitative estimate of drug-likeness (QED) is 0.867. The third-order valence-corrected chi connectivity index (χ3v) is 5.00. The van der Waals surface area contributed by atoms with Crippen LogP contribution in [0.25, 0.3) is 0 Å².